The average Bonchev–Trinajstić information content (AvgIpc) is 3.12. The number of hydrogen-bond donors (Lipinski definition) is 0. The lowest BCUT2D eigenvalue weighted by Crippen LogP contribution is -2.23. The van der Waals surface area contributed by atoms with Crippen LogP contribution in [-0.2, 0) is 0 Å². The second-order valence-corrected chi connectivity index (χ2v) is 14.5. The Balaban J connectivity index is 1.13. The summed E-state index contributed by atoms with van der Waals surface area (Å²) in [5.74, 6) is 0.389. The zero-order valence-corrected chi connectivity index (χ0v) is 29.5. The SMILES string of the molecule is CCCCCCCOc1ccc(-c2ccc(-c3ccc(C4=CCC(C5CCC(CCCCCCC)CC5)CC4)c(F)c3)cc2)c(F)c1F. The molecule has 2 aliphatic carbocycles. The maximum atomic E-state index is 15.5. The van der Waals surface area contributed by atoms with E-state index in [0.717, 1.165) is 79.4 Å². The molecular weight excluding hydrogens is 601 g/mol. The molecule has 0 aromatic heterocycles. The molecule has 260 valence electrons. The molecule has 0 saturated heterocycles. The molecule has 3 aromatic rings. The van der Waals surface area contributed by atoms with E-state index in [-0.39, 0.29) is 17.1 Å². The quantitative estimate of drug-likeness (QED) is 0.131. The van der Waals surface area contributed by atoms with Gasteiger partial charge in [-0.3, -0.25) is 0 Å². The number of ether oxygens (including phenoxy) is 1. The molecule has 1 nitrogen and oxygen atoms in total. The zero-order chi connectivity index (χ0) is 33.7. The molecule has 5 rings (SSSR count). The molecule has 0 N–H and O–H groups in total. The first kappa shape index (κ1) is 36.3. The van der Waals surface area contributed by atoms with Crippen LogP contribution in [0.1, 0.15) is 135 Å². The Morgan fingerprint density at radius 2 is 1.25 bits per heavy atom. The molecule has 0 bridgehead atoms. The topological polar surface area (TPSA) is 9.23 Å². The molecule has 0 aliphatic heterocycles. The fraction of sp³-hybridized carbons (Fsp3) is 0.545. The maximum absolute atomic E-state index is 15.5. The van der Waals surface area contributed by atoms with E-state index in [2.05, 4.69) is 19.9 Å². The van der Waals surface area contributed by atoms with Crippen molar-refractivity contribution in [3.8, 4) is 28.0 Å². The van der Waals surface area contributed by atoms with Crippen LogP contribution in [0, 0.1) is 35.2 Å². The van der Waals surface area contributed by atoms with E-state index >= 15 is 8.78 Å². The summed E-state index contributed by atoms with van der Waals surface area (Å²) >= 11 is 0. The minimum absolute atomic E-state index is 0.0477. The fourth-order valence-corrected chi connectivity index (χ4v) is 8.06. The smallest absolute Gasteiger partial charge is 0.201 e. The van der Waals surface area contributed by atoms with Gasteiger partial charge in [0.1, 0.15) is 5.82 Å². The van der Waals surface area contributed by atoms with Gasteiger partial charge in [0.2, 0.25) is 5.82 Å². The molecular formula is C44H57F3O. The van der Waals surface area contributed by atoms with Crippen LogP contribution >= 0.6 is 0 Å². The van der Waals surface area contributed by atoms with E-state index in [1.54, 1.807) is 24.3 Å². The van der Waals surface area contributed by atoms with Crippen LogP contribution in [0.4, 0.5) is 13.2 Å². The Hall–Kier alpha value is -3.01. The van der Waals surface area contributed by atoms with Gasteiger partial charge < -0.3 is 4.74 Å². The first-order chi connectivity index (χ1) is 23.5. The summed E-state index contributed by atoms with van der Waals surface area (Å²) in [6, 6.07) is 15.8. The van der Waals surface area contributed by atoms with E-state index in [9.17, 15) is 4.39 Å². The second-order valence-electron chi connectivity index (χ2n) is 14.5. The predicted molar refractivity (Wildman–Crippen MR) is 196 cm³/mol. The number of rotatable bonds is 17. The van der Waals surface area contributed by atoms with Crippen LogP contribution in [-0.4, -0.2) is 6.61 Å². The third-order valence-electron chi connectivity index (χ3n) is 11.1. The molecule has 1 atom stereocenters. The predicted octanol–water partition coefficient (Wildman–Crippen LogP) is 14.1. The Kier molecular flexibility index (Phi) is 14.1. The van der Waals surface area contributed by atoms with E-state index in [4.69, 9.17) is 4.74 Å². The van der Waals surface area contributed by atoms with Gasteiger partial charge in [-0.2, -0.15) is 4.39 Å². The second kappa shape index (κ2) is 18.7. The lowest BCUT2D eigenvalue weighted by atomic mass is 9.70. The van der Waals surface area contributed by atoms with Gasteiger partial charge in [-0.25, -0.2) is 8.78 Å². The van der Waals surface area contributed by atoms with Crippen LogP contribution in [0.15, 0.2) is 60.7 Å². The molecule has 48 heavy (non-hydrogen) atoms. The minimum Gasteiger partial charge on any atom is -0.490 e. The van der Waals surface area contributed by atoms with Gasteiger partial charge in [-0.1, -0.05) is 133 Å². The van der Waals surface area contributed by atoms with Crippen molar-refractivity contribution in [2.24, 2.45) is 17.8 Å². The van der Waals surface area contributed by atoms with Gasteiger partial charge >= 0.3 is 0 Å². The number of halogens is 3. The van der Waals surface area contributed by atoms with Crippen molar-refractivity contribution in [3.05, 3.63) is 83.7 Å². The van der Waals surface area contributed by atoms with Gasteiger partial charge in [0.05, 0.1) is 6.61 Å². The molecule has 0 spiro atoms. The Labute approximate surface area is 288 Å². The van der Waals surface area contributed by atoms with Crippen molar-refractivity contribution in [1.29, 1.82) is 0 Å². The Morgan fingerprint density at radius 1 is 0.604 bits per heavy atom. The van der Waals surface area contributed by atoms with Gasteiger partial charge in [-0.05, 0) is 96.7 Å². The highest BCUT2D eigenvalue weighted by molar-refractivity contribution is 5.74. The lowest BCUT2D eigenvalue weighted by Gasteiger charge is -2.35. The van der Waals surface area contributed by atoms with Crippen LogP contribution in [0.2, 0.25) is 0 Å². The third-order valence-corrected chi connectivity index (χ3v) is 11.1. The molecule has 1 fully saturated rings. The summed E-state index contributed by atoms with van der Waals surface area (Å²) in [6.07, 6.45) is 24.6. The van der Waals surface area contributed by atoms with Crippen molar-refractivity contribution in [1.82, 2.24) is 0 Å². The standard InChI is InChI=1S/C44H57F3O/c1-3-5-7-9-11-13-32-14-16-33(17-15-32)34-18-22-36(23-19-34)39-27-26-38(31-41(39)45)35-20-24-37(25-21-35)40-28-29-42(44(47)43(40)46)48-30-12-10-8-6-4-2/h20-22,24-29,31-34H,3-19,23,30H2,1-2H3. The number of benzene rings is 3. The van der Waals surface area contributed by atoms with E-state index in [1.165, 1.54) is 76.7 Å². The first-order valence-electron chi connectivity index (χ1n) is 19.2. The third kappa shape index (κ3) is 9.79. The van der Waals surface area contributed by atoms with Gasteiger partial charge in [0, 0.05) is 11.1 Å². The summed E-state index contributed by atoms with van der Waals surface area (Å²) < 4.78 is 50.9. The molecule has 4 heteroatoms. The summed E-state index contributed by atoms with van der Waals surface area (Å²) in [6.45, 7) is 4.82. The molecule has 1 unspecified atom stereocenters. The van der Waals surface area contributed by atoms with Crippen molar-refractivity contribution in [3.63, 3.8) is 0 Å². The molecule has 2 aliphatic rings. The average molecular weight is 659 g/mol. The molecule has 0 heterocycles. The summed E-state index contributed by atoms with van der Waals surface area (Å²) in [5, 5.41) is 0. The van der Waals surface area contributed by atoms with Crippen molar-refractivity contribution < 1.29 is 17.9 Å². The normalized spacial score (nSPS) is 19.7. The first-order valence-corrected chi connectivity index (χ1v) is 19.2. The number of allylic oxidation sites excluding steroid dienone is 2. The van der Waals surface area contributed by atoms with Crippen molar-refractivity contribution >= 4 is 5.57 Å². The maximum Gasteiger partial charge on any atom is 0.201 e. The van der Waals surface area contributed by atoms with Crippen LogP contribution in [0.3, 0.4) is 0 Å². The van der Waals surface area contributed by atoms with Crippen LogP contribution < -0.4 is 4.74 Å². The monoisotopic (exact) mass is 658 g/mol. The Morgan fingerprint density at radius 3 is 1.92 bits per heavy atom. The minimum atomic E-state index is -0.956. The lowest BCUT2D eigenvalue weighted by molar-refractivity contribution is 0.187. The highest BCUT2D eigenvalue weighted by Crippen LogP contribution is 2.43. The van der Waals surface area contributed by atoms with Crippen molar-refractivity contribution in [2.45, 2.75) is 129 Å². The summed E-state index contributed by atoms with van der Waals surface area (Å²) in [5.41, 5.74) is 4.20. The van der Waals surface area contributed by atoms with Crippen LogP contribution in [0.5, 0.6) is 5.75 Å². The highest BCUT2D eigenvalue weighted by Gasteiger charge is 2.29. The van der Waals surface area contributed by atoms with Crippen molar-refractivity contribution in [2.75, 3.05) is 6.61 Å². The van der Waals surface area contributed by atoms with E-state index in [0.29, 0.717) is 17.7 Å². The summed E-state index contributed by atoms with van der Waals surface area (Å²) in [4.78, 5) is 0. The van der Waals surface area contributed by atoms with Gasteiger partial charge in [-0.15, -0.1) is 0 Å². The highest BCUT2D eigenvalue weighted by atomic mass is 19.2. The number of unbranched alkanes of at least 4 members (excludes halogenated alkanes) is 8. The molecule has 1 saturated carbocycles. The zero-order valence-electron chi connectivity index (χ0n) is 29.5. The van der Waals surface area contributed by atoms with Gasteiger partial charge in [0.15, 0.2) is 11.6 Å². The fourth-order valence-electron chi connectivity index (χ4n) is 8.06. The number of hydrogen-bond acceptors (Lipinski definition) is 1. The molecule has 0 amide bonds. The largest absolute Gasteiger partial charge is 0.490 e. The van der Waals surface area contributed by atoms with Crippen LogP contribution in [0.25, 0.3) is 27.8 Å². The molecule has 0 radical (unpaired) electrons. The van der Waals surface area contributed by atoms with E-state index < -0.39 is 11.6 Å². The summed E-state index contributed by atoms with van der Waals surface area (Å²) in [7, 11) is 0. The Bertz CT molecular complexity index is 1450. The molecule has 3 aromatic carbocycles. The van der Waals surface area contributed by atoms with Gasteiger partial charge in [0.25, 0.3) is 0 Å². The van der Waals surface area contributed by atoms with E-state index in [1.807, 2.05) is 24.3 Å².